The van der Waals surface area contributed by atoms with Gasteiger partial charge < -0.3 is 10.5 Å². The van der Waals surface area contributed by atoms with E-state index in [9.17, 15) is 10.1 Å². The number of para-hydroxylation sites is 2. The van der Waals surface area contributed by atoms with E-state index in [0.717, 1.165) is 0 Å². The van der Waals surface area contributed by atoms with Crippen molar-refractivity contribution < 1.29 is 9.66 Å². The first kappa shape index (κ1) is 15.5. The Bertz CT molecular complexity index is 629. The van der Waals surface area contributed by atoms with Crippen LogP contribution in [0.5, 0.6) is 11.5 Å². The molecule has 0 spiro atoms. The van der Waals surface area contributed by atoms with E-state index < -0.39 is 4.92 Å². The number of halogens is 1. The van der Waals surface area contributed by atoms with E-state index in [1.54, 1.807) is 36.4 Å². The number of nitro groups is 1. The number of nitrogens with two attached hydrogens (primary N) is 1. The SMILES string of the molecule is Cl.N=C(N)c1ccc(Oc2ccccc2[N+](=O)[O-])cc1. The molecular weight excluding hydrogens is 282 g/mol. The van der Waals surface area contributed by atoms with Gasteiger partial charge in [0.15, 0.2) is 0 Å². The van der Waals surface area contributed by atoms with Gasteiger partial charge in [-0.05, 0) is 30.3 Å². The molecule has 0 fully saturated rings. The molecule has 0 bridgehead atoms. The molecule has 6 nitrogen and oxygen atoms in total. The highest BCUT2D eigenvalue weighted by Gasteiger charge is 2.14. The minimum atomic E-state index is -0.501. The minimum absolute atomic E-state index is 0. The summed E-state index contributed by atoms with van der Waals surface area (Å²) in [6.07, 6.45) is 0. The van der Waals surface area contributed by atoms with Gasteiger partial charge in [0.05, 0.1) is 4.92 Å². The molecule has 0 radical (unpaired) electrons. The molecule has 0 atom stereocenters. The van der Waals surface area contributed by atoms with Crippen molar-refractivity contribution >= 4 is 23.9 Å². The lowest BCUT2D eigenvalue weighted by Gasteiger charge is -2.06. The summed E-state index contributed by atoms with van der Waals surface area (Å²) < 4.78 is 5.45. The summed E-state index contributed by atoms with van der Waals surface area (Å²) in [4.78, 5) is 10.3. The number of ether oxygens (including phenoxy) is 1. The summed E-state index contributed by atoms with van der Waals surface area (Å²) in [5.74, 6) is 0.569. The molecule has 2 aromatic rings. The Kier molecular flexibility index (Phi) is 5.05. The monoisotopic (exact) mass is 293 g/mol. The molecule has 104 valence electrons. The summed E-state index contributed by atoms with van der Waals surface area (Å²) in [5, 5.41) is 18.1. The van der Waals surface area contributed by atoms with E-state index in [4.69, 9.17) is 15.9 Å². The molecule has 0 heterocycles. The van der Waals surface area contributed by atoms with Gasteiger partial charge in [-0.15, -0.1) is 12.4 Å². The van der Waals surface area contributed by atoms with Crippen LogP contribution in [0.4, 0.5) is 5.69 Å². The summed E-state index contributed by atoms with van der Waals surface area (Å²) in [5.41, 5.74) is 5.80. The van der Waals surface area contributed by atoms with Crippen LogP contribution in [-0.4, -0.2) is 10.8 Å². The third-order valence-corrected chi connectivity index (χ3v) is 2.46. The van der Waals surface area contributed by atoms with Gasteiger partial charge >= 0.3 is 5.69 Å². The Morgan fingerprint density at radius 3 is 2.30 bits per heavy atom. The van der Waals surface area contributed by atoms with E-state index in [0.29, 0.717) is 11.3 Å². The van der Waals surface area contributed by atoms with E-state index in [2.05, 4.69) is 0 Å². The Morgan fingerprint density at radius 2 is 1.75 bits per heavy atom. The molecule has 0 saturated heterocycles. The number of nitrogens with one attached hydrogen (secondary N) is 1. The summed E-state index contributed by atoms with van der Waals surface area (Å²) in [7, 11) is 0. The molecule has 20 heavy (non-hydrogen) atoms. The van der Waals surface area contributed by atoms with Crippen molar-refractivity contribution in [2.45, 2.75) is 0 Å². The van der Waals surface area contributed by atoms with Crippen molar-refractivity contribution in [2.24, 2.45) is 5.73 Å². The van der Waals surface area contributed by atoms with Crippen molar-refractivity contribution in [1.82, 2.24) is 0 Å². The molecule has 7 heteroatoms. The average molecular weight is 294 g/mol. The maximum absolute atomic E-state index is 10.8. The number of benzene rings is 2. The van der Waals surface area contributed by atoms with E-state index in [1.165, 1.54) is 12.1 Å². The molecule has 0 aliphatic carbocycles. The number of amidine groups is 1. The van der Waals surface area contributed by atoms with Crippen LogP contribution in [0.2, 0.25) is 0 Å². The predicted octanol–water partition coefficient (Wildman–Crippen LogP) is 3.09. The zero-order valence-corrected chi connectivity index (χ0v) is 11.1. The van der Waals surface area contributed by atoms with Gasteiger partial charge in [-0.3, -0.25) is 15.5 Å². The predicted molar refractivity (Wildman–Crippen MR) is 77.9 cm³/mol. The van der Waals surface area contributed by atoms with Crippen molar-refractivity contribution in [1.29, 1.82) is 5.41 Å². The number of nitrogen functional groups attached to an aromatic ring is 1. The van der Waals surface area contributed by atoms with Crippen LogP contribution in [0.15, 0.2) is 48.5 Å². The second kappa shape index (κ2) is 6.53. The third-order valence-electron chi connectivity index (χ3n) is 2.46. The third kappa shape index (κ3) is 3.46. The maximum atomic E-state index is 10.8. The van der Waals surface area contributed by atoms with Crippen molar-refractivity contribution in [2.75, 3.05) is 0 Å². The van der Waals surface area contributed by atoms with E-state index in [-0.39, 0.29) is 29.7 Å². The molecule has 0 amide bonds. The van der Waals surface area contributed by atoms with Gasteiger partial charge in [0, 0.05) is 11.6 Å². The number of hydrogen-bond acceptors (Lipinski definition) is 4. The van der Waals surface area contributed by atoms with Crippen LogP contribution in [-0.2, 0) is 0 Å². The lowest BCUT2D eigenvalue weighted by atomic mass is 10.2. The minimum Gasteiger partial charge on any atom is -0.450 e. The number of nitrogens with zero attached hydrogens (tertiary/aromatic N) is 1. The molecule has 0 unspecified atom stereocenters. The molecule has 0 aliphatic rings. The zero-order chi connectivity index (χ0) is 13.8. The Hall–Kier alpha value is -2.60. The highest BCUT2D eigenvalue weighted by atomic mass is 35.5. The fraction of sp³-hybridized carbons (Fsp3) is 0. The molecular formula is C13H12ClN3O3. The van der Waals surface area contributed by atoms with Crippen molar-refractivity contribution in [3.05, 3.63) is 64.2 Å². The van der Waals surface area contributed by atoms with Gasteiger partial charge in [-0.2, -0.15) is 0 Å². The number of rotatable bonds is 4. The fourth-order valence-electron chi connectivity index (χ4n) is 1.52. The second-order valence-electron chi connectivity index (χ2n) is 3.76. The highest BCUT2D eigenvalue weighted by Crippen LogP contribution is 2.30. The molecule has 0 saturated carbocycles. The highest BCUT2D eigenvalue weighted by molar-refractivity contribution is 5.94. The second-order valence-corrected chi connectivity index (χ2v) is 3.76. The molecule has 0 aromatic heterocycles. The van der Waals surface area contributed by atoms with E-state index in [1.807, 2.05) is 0 Å². The number of nitro benzene ring substituents is 1. The van der Waals surface area contributed by atoms with Crippen molar-refractivity contribution in [3.8, 4) is 11.5 Å². The van der Waals surface area contributed by atoms with Gasteiger partial charge in [-0.1, -0.05) is 12.1 Å². The lowest BCUT2D eigenvalue weighted by Crippen LogP contribution is -2.10. The molecule has 3 N–H and O–H groups in total. The lowest BCUT2D eigenvalue weighted by molar-refractivity contribution is -0.385. The first-order valence-corrected chi connectivity index (χ1v) is 5.43. The Morgan fingerprint density at radius 1 is 1.15 bits per heavy atom. The molecule has 0 aliphatic heterocycles. The standard InChI is InChI=1S/C13H11N3O3.ClH/c14-13(15)9-5-7-10(8-6-9)19-12-4-2-1-3-11(12)16(17)18;/h1-8H,(H3,14,15);1H. The first-order chi connectivity index (χ1) is 9.08. The largest absolute Gasteiger partial charge is 0.450 e. The van der Waals surface area contributed by atoms with Gasteiger partial charge in [0.1, 0.15) is 11.6 Å². The summed E-state index contributed by atoms with van der Waals surface area (Å²) in [6.45, 7) is 0. The van der Waals surface area contributed by atoms with Crippen LogP contribution >= 0.6 is 12.4 Å². The maximum Gasteiger partial charge on any atom is 0.311 e. The van der Waals surface area contributed by atoms with E-state index >= 15 is 0 Å². The fourth-order valence-corrected chi connectivity index (χ4v) is 1.52. The zero-order valence-electron chi connectivity index (χ0n) is 10.3. The Balaban J connectivity index is 0.00000200. The molecule has 2 rings (SSSR count). The average Bonchev–Trinajstić information content (AvgIpc) is 2.39. The van der Waals surface area contributed by atoms with Crippen molar-refractivity contribution in [3.63, 3.8) is 0 Å². The quantitative estimate of drug-likeness (QED) is 0.391. The van der Waals surface area contributed by atoms with Crippen LogP contribution in [0.3, 0.4) is 0 Å². The van der Waals surface area contributed by atoms with Crippen LogP contribution in [0, 0.1) is 15.5 Å². The van der Waals surface area contributed by atoms with Crippen LogP contribution < -0.4 is 10.5 Å². The van der Waals surface area contributed by atoms with Gasteiger partial charge in [-0.25, -0.2) is 0 Å². The topological polar surface area (TPSA) is 102 Å². The normalized spacial score (nSPS) is 9.40. The first-order valence-electron chi connectivity index (χ1n) is 5.43. The summed E-state index contributed by atoms with van der Waals surface area (Å²) >= 11 is 0. The van der Waals surface area contributed by atoms with Gasteiger partial charge in [0.2, 0.25) is 5.75 Å². The Labute approximate surface area is 121 Å². The van der Waals surface area contributed by atoms with Gasteiger partial charge in [0.25, 0.3) is 0 Å². The summed E-state index contributed by atoms with van der Waals surface area (Å²) in [6, 6.07) is 12.6. The number of hydrogen-bond donors (Lipinski definition) is 2. The smallest absolute Gasteiger partial charge is 0.311 e. The molecule has 2 aromatic carbocycles. The van der Waals surface area contributed by atoms with Crippen LogP contribution in [0.25, 0.3) is 0 Å². The van der Waals surface area contributed by atoms with Crippen LogP contribution in [0.1, 0.15) is 5.56 Å².